The predicted molar refractivity (Wildman–Crippen MR) is 89.6 cm³/mol. The summed E-state index contributed by atoms with van der Waals surface area (Å²) in [6.45, 7) is 1.95. The number of carbonyl (C=O) groups excluding carboxylic acids is 1. The minimum Gasteiger partial charge on any atom is -0.496 e. The Hall–Kier alpha value is -2.81. The Morgan fingerprint density at radius 2 is 1.77 bits per heavy atom. The van der Waals surface area contributed by atoms with Gasteiger partial charge in [0, 0.05) is 16.6 Å². The molecule has 0 unspecified atom stereocenters. The zero-order valence-electron chi connectivity index (χ0n) is 12.6. The molecule has 0 spiro atoms. The molecule has 0 aliphatic rings. The van der Waals surface area contributed by atoms with Crippen molar-refractivity contribution in [3.63, 3.8) is 0 Å². The van der Waals surface area contributed by atoms with Crippen LogP contribution in [0.4, 0.5) is 5.69 Å². The second-order valence-electron chi connectivity index (χ2n) is 5.17. The smallest absolute Gasteiger partial charge is 0.255 e. The molecule has 3 nitrogen and oxygen atoms in total. The van der Waals surface area contributed by atoms with E-state index in [1.54, 1.807) is 19.2 Å². The number of amides is 1. The lowest BCUT2D eigenvalue weighted by atomic mass is 10.1. The van der Waals surface area contributed by atoms with Gasteiger partial charge in [0.1, 0.15) is 5.75 Å². The molecule has 0 aliphatic carbocycles. The fraction of sp³-hybridized carbons (Fsp3) is 0.105. The maximum absolute atomic E-state index is 12.5. The lowest BCUT2D eigenvalue weighted by molar-refractivity contribution is 0.102. The van der Waals surface area contributed by atoms with Gasteiger partial charge >= 0.3 is 0 Å². The van der Waals surface area contributed by atoms with E-state index in [1.165, 1.54) is 0 Å². The Morgan fingerprint density at radius 1 is 1.00 bits per heavy atom. The zero-order chi connectivity index (χ0) is 15.5. The lowest BCUT2D eigenvalue weighted by Gasteiger charge is -2.10. The summed E-state index contributed by atoms with van der Waals surface area (Å²) in [5.74, 6) is 0.570. The van der Waals surface area contributed by atoms with Gasteiger partial charge in [-0.2, -0.15) is 0 Å². The van der Waals surface area contributed by atoms with E-state index in [4.69, 9.17) is 4.74 Å². The van der Waals surface area contributed by atoms with Gasteiger partial charge in [-0.3, -0.25) is 4.79 Å². The third kappa shape index (κ3) is 2.66. The topological polar surface area (TPSA) is 38.3 Å². The van der Waals surface area contributed by atoms with Crippen molar-refractivity contribution in [3.8, 4) is 5.75 Å². The Kier molecular flexibility index (Phi) is 3.79. The molecular weight excluding hydrogens is 274 g/mol. The van der Waals surface area contributed by atoms with E-state index < -0.39 is 0 Å². The Labute approximate surface area is 129 Å². The van der Waals surface area contributed by atoms with E-state index >= 15 is 0 Å². The average Bonchev–Trinajstić information content (AvgIpc) is 2.55. The average molecular weight is 291 g/mol. The van der Waals surface area contributed by atoms with Crippen LogP contribution in [0.3, 0.4) is 0 Å². The van der Waals surface area contributed by atoms with E-state index in [0.29, 0.717) is 11.3 Å². The van der Waals surface area contributed by atoms with Crippen molar-refractivity contribution in [1.82, 2.24) is 0 Å². The molecular formula is C19H17NO2. The summed E-state index contributed by atoms with van der Waals surface area (Å²) in [5.41, 5.74) is 2.39. The van der Waals surface area contributed by atoms with Crippen molar-refractivity contribution >= 4 is 22.4 Å². The summed E-state index contributed by atoms with van der Waals surface area (Å²) < 4.78 is 5.28. The Morgan fingerprint density at radius 3 is 2.59 bits per heavy atom. The highest BCUT2D eigenvalue weighted by Gasteiger charge is 2.10. The maximum Gasteiger partial charge on any atom is 0.255 e. The molecule has 3 rings (SSSR count). The van der Waals surface area contributed by atoms with Gasteiger partial charge in [-0.1, -0.05) is 42.5 Å². The highest BCUT2D eigenvalue weighted by molar-refractivity contribution is 6.09. The number of carbonyl (C=O) groups is 1. The largest absolute Gasteiger partial charge is 0.496 e. The number of hydrogen-bond donors (Lipinski definition) is 1. The van der Waals surface area contributed by atoms with Gasteiger partial charge < -0.3 is 10.1 Å². The van der Waals surface area contributed by atoms with Crippen LogP contribution in [-0.4, -0.2) is 13.0 Å². The molecule has 1 N–H and O–H groups in total. The fourth-order valence-corrected chi connectivity index (χ4v) is 2.49. The maximum atomic E-state index is 12.5. The zero-order valence-corrected chi connectivity index (χ0v) is 12.6. The normalized spacial score (nSPS) is 10.5. The number of ether oxygens (including phenoxy) is 1. The van der Waals surface area contributed by atoms with Crippen LogP contribution in [0, 0.1) is 6.92 Å². The molecule has 0 fully saturated rings. The third-order valence-corrected chi connectivity index (χ3v) is 3.71. The summed E-state index contributed by atoms with van der Waals surface area (Å²) in [6, 6.07) is 19.3. The molecule has 110 valence electrons. The van der Waals surface area contributed by atoms with Crippen LogP contribution in [-0.2, 0) is 0 Å². The number of benzene rings is 3. The van der Waals surface area contributed by atoms with Crippen LogP contribution in [0.1, 0.15) is 15.9 Å². The lowest BCUT2D eigenvalue weighted by Crippen LogP contribution is -2.12. The van der Waals surface area contributed by atoms with Crippen LogP contribution >= 0.6 is 0 Å². The molecule has 0 aliphatic heterocycles. The molecule has 0 saturated heterocycles. The Balaban J connectivity index is 1.93. The van der Waals surface area contributed by atoms with Gasteiger partial charge in [0.25, 0.3) is 5.91 Å². The summed E-state index contributed by atoms with van der Waals surface area (Å²) >= 11 is 0. The van der Waals surface area contributed by atoms with Crippen molar-refractivity contribution < 1.29 is 9.53 Å². The quantitative estimate of drug-likeness (QED) is 0.776. The van der Waals surface area contributed by atoms with Crippen LogP contribution in [0.15, 0.2) is 60.7 Å². The van der Waals surface area contributed by atoms with Crippen molar-refractivity contribution in [2.45, 2.75) is 6.92 Å². The standard InChI is InChI=1S/C19H17NO2/c1-13-10-11-15(12-18(13)22-2)19(21)20-17-9-5-7-14-6-3-4-8-16(14)17/h3-12H,1-2H3,(H,20,21). The van der Waals surface area contributed by atoms with E-state index in [2.05, 4.69) is 5.32 Å². The van der Waals surface area contributed by atoms with Crippen molar-refractivity contribution in [2.24, 2.45) is 0 Å². The van der Waals surface area contributed by atoms with Gasteiger partial charge in [-0.05, 0) is 36.1 Å². The molecule has 0 aromatic heterocycles. The predicted octanol–water partition coefficient (Wildman–Crippen LogP) is 4.41. The van der Waals surface area contributed by atoms with Gasteiger partial charge in [-0.15, -0.1) is 0 Å². The summed E-state index contributed by atoms with van der Waals surface area (Å²) in [6.07, 6.45) is 0. The van der Waals surface area contributed by atoms with Crippen LogP contribution in [0.5, 0.6) is 5.75 Å². The second kappa shape index (κ2) is 5.90. The molecule has 0 radical (unpaired) electrons. The number of hydrogen-bond acceptors (Lipinski definition) is 2. The highest BCUT2D eigenvalue weighted by atomic mass is 16.5. The summed E-state index contributed by atoms with van der Waals surface area (Å²) in [4.78, 5) is 12.5. The van der Waals surface area contributed by atoms with Crippen LogP contribution < -0.4 is 10.1 Å². The first-order chi connectivity index (χ1) is 10.7. The van der Waals surface area contributed by atoms with Crippen LogP contribution in [0.2, 0.25) is 0 Å². The first-order valence-corrected chi connectivity index (χ1v) is 7.13. The highest BCUT2D eigenvalue weighted by Crippen LogP contribution is 2.24. The molecule has 1 amide bonds. The number of methoxy groups -OCH3 is 1. The molecule has 0 atom stereocenters. The molecule has 3 aromatic carbocycles. The number of nitrogens with one attached hydrogen (secondary N) is 1. The van der Waals surface area contributed by atoms with E-state index in [1.807, 2.05) is 55.5 Å². The van der Waals surface area contributed by atoms with Gasteiger partial charge in [0.05, 0.1) is 7.11 Å². The summed E-state index contributed by atoms with van der Waals surface area (Å²) in [7, 11) is 1.61. The van der Waals surface area contributed by atoms with Crippen molar-refractivity contribution in [2.75, 3.05) is 12.4 Å². The number of rotatable bonds is 3. The first kappa shape index (κ1) is 14.1. The van der Waals surface area contributed by atoms with E-state index in [9.17, 15) is 4.79 Å². The van der Waals surface area contributed by atoms with E-state index in [0.717, 1.165) is 22.0 Å². The number of anilines is 1. The van der Waals surface area contributed by atoms with Crippen molar-refractivity contribution in [3.05, 3.63) is 71.8 Å². The van der Waals surface area contributed by atoms with Gasteiger partial charge in [0.15, 0.2) is 0 Å². The third-order valence-electron chi connectivity index (χ3n) is 3.71. The van der Waals surface area contributed by atoms with Crippen molar-refractivity contribution in [1.29, 1.82) is 0 Å². The molecule has 3 heteroatoms. The van der Waals surface area contributed by atoms with Gasteiger partial charge in [-0.25, -0.2) is 0 Å². The first-order valence-electron chi connectivity index (χ1n) is 7.13. The molecule has 0 bridgehead atoms. The molecule has 3 aromatic rings. The summed E-state index contributed by atoms with van der Waals surface area (Å²) in [5, 5.41) is 5.10. The molecule has 0 saturated carbocycles. The minimum atomic E-state index is -0.144. The number of fused-ring (bicyclic) bond motifs is 1. The minimum absolute atomic E-state index is 0.144. The van der Waals surface area contributed by atoms with E-state index in [-0.39, 0.29) is 5.91 Å². The monoisotopic (exact) mass is 291 g/mol. The van der Waals surface area contributed by atoms with Crippen LogP contribution in [0.25, 0.3) is 10.8 Å². The molecule has 22 heavy (non-hydrogen) atoms. The Bertz CT molecular complexity index is 834. The fourth-order valence-electron chi connectivity index (χ4n) is 2.49. The number of aryl methyl sites for hydroxylation is 1. The second-order valence-corrected chi connectivity index (χ2v) is 5.17. The molecule has 0 heterocycles. The SMILES string of the molecule is COc1cc(C(=O)Nc2cccc3ccccc23)ccc1C. The van der Waals surface area contributed by atoms with Gasteiger partial charge in [0.2, 0.25) is 0 Å².